The third-order valence-corrected chi connectivity index (χ3v) is 6.04. The summed E-state index contributed by atoms with van der Waals surface area (Å²) in [7, 11) is 0. The number of hydrogen-bond acceptors (Lipinski definition) is 3. The second kappa shape index (κ2) is 7.77. The number of halogens is 2. The lowest BCUT2D eigenvalue weighted by molar-refractivity contribution is -0.141. The van der Waals surface area contributed by atoms with Crippen LogP contribution in [-0.2, 0) is 16.0 Å². The van der Waals surface area contributed by atoms with Crippen LogP contribution in [0, 0.1) is 5.92 Å². The maximum atomic E-state index is 12.5. The highest BCUT2D eigenvalue weighted by atomic mass is 35.5. The van der Waals surface area contributed by atoms with Gasteiger partial charge in [0.15, 0.2) is 0 Å². The molecule has 2 atom stereocenters. The summed E-state index contributed by atoms with van der Waals surface area (Å²) < 4.78 is 0.706. The van der Waals surface area contributed by atoms with Gasteiger partial charge in [-0.05, 0) is 36.2 Å². The minimum atomic E-state index is -0.875. The molecule has 0 unspecified atom stereocenters. The normalized spacial score (nSPS) is 20.0. The van der Waals surface area contributed by atoms with Crippen molar-refractivity contribution in [3.8, 4) is 0 Å². The quantitative estimate of drug-likeness (QED) is 0.817. The minimum absolute atomic E-state index is 0.0211. The second-order valence-electron chi connectivity index (χ2n) is 6.11. The maximum absolute atomic E-state index is 12.5. The highest BCUT2D eigenvalue weighted by molar-refractivity contribution is 7.16. The fourth-order valence-corrected chi connectivity index (χ4v) is 4.39. The van der Waals surface area contributed by atoms with E-state index in [2.05, 4.69) is 0 Å². The van der Waals surface area contributed by atoms with Crippen molar-refractivity contribution in [3.05, 3.63) is 56.2 Å². The van der Waals surface area contributed by atoms with Gasteiger partial charge in [0, 0.05) is 35.3 Å². The molecule has 1 fully saturated rings. The van der Waals surface area contributed by atoms with E-state index in [1.807, 2.05) is 24.3 Å². The number of aliphatic carboxylic acids is 1. The van der Waals surface area contributed by atoms with Crippen LogP contribution in [0.15, 0.2) is 36.4 Å². The van der Waals surface area contributed by atoms with E-state index in [1.54, 1.807) is 17.0 Å². The Morgan fingerprint density at radius 1 is 1.12 bits per heavy atom. The number of hydrogen-bond donors (Lipinski definition) is 1. The molecule has 0 saturated carbocycles. The lowest BCUT2D eigenvalue weighted by Crippen LogP contribution is -2.30. The van der Waals surface area contributed by atoms with Crippen LogP contribution in [0.1, 0.15) is 22.8 Å². The zero-order valence-electron chi connectivity index (χ0n) is 13.3. The van der Waals surface area contributed by atoms with Gasteiger partial charge in [-0.1, -0.05) is 35.3 Å². The molecule has 25 heavy (non-hydrogen) atoms. The summed E-state index contributed by atoms with van der Waals surface area (Å²) in [6, 6.07) is 10.9. The van der Waals surface area contributed by atoms with Gasteiger partial charge in [0.25, 0.3) is 0 Å². The van der Waals surface area contributed by atoms with Crippen molar-refractivity contribution in [2.24, 2.45) is 5.92 Å². The van der Waals surface area contributed by atoms with E-state index in [-0.39, 0.29) is 18.4 Å². The molecule has 132 valence electrons. The van der Waals surface area contributed by atoms with E-state index in [1.165, 1.54) is 11.3 Å². The van der Waals surface area contributed by atoms with Gasteiger partial charge in [-0.25, -0.2) is 0 Å². The van der Waals surface area contributed by atoms with Crippen molar-refractivity contribution < 1.29 is 14.7 Å². The van der Waals surface area contributed by atoms with Crippen molar-refractivity contribution in [2.75, 3.05) is 13.1 Å². The predicted octanol–water partition coefficient (Wildman–Crippen LogP) is 4.31. The van der Waals surface area contributed by atoms with E-state index in [4.69, 9.17) is 23.2 Å². The largest absolute Gasteiger partial charge is 0.481 e. The van der Waals surface area contributed by atoms with Crippen molar-refractivity contribution in [1.29, 1.82) is 0 Å². The molecule has 1 aromatic heterocycles. The summed E-state index contributed by atoms with van der Waals surface area (Å²) in [5.74, 6) is -1.70. The average molecular weight is 398 g/mol. The molecular weight excluding hydrogens is 381 g/mol. The smallest absolute Gasteiger partial charge is 0.308 e. The number of carbonyl (C=O) groups excluding carboxylic acids is 1. The Kier molecular flexibility index (Phi) is 5.67. The van der Waals surface area contributed by atoms with Crippen LogP contribution in [0.5, 0.6) is 0 Å². The number of nitrogens with zero attached hydrogens (tertiary/aromatic N) is 1. The van der Waals surface area contributed by atoms with E-state index < -0.39 is 11.9 Å². The molecule has 7 heteroatoms. The number of amides is 1. The molecule has 0 aliphatic carbocycles. The Hall–Kier alpha value is -1.56. The van der Waals surface area contributed by atoms with Gasteiger partial charge in [-0.3, -0.25) is 9.59 Å². The standard InChI is InChI=1S/C18H17Cl2NO3S/c19-12-3-1-11(2-4-12)14-9-21(10-15(14)18(23)24)17(22)8-6-13-5-7-16(20)25-13/h1-5,7,14-15H,6,8-10H2,(H,23,24)/t14-,15+/m0/s1. The monoisotopic (exact) mass is 397 g/mol. The highest BCUT2D eigenvalue weighted by Gasteiger charge is 2.40. The van der Waals surface area contributed by atoms with Crippen molar-refractivity contribution in [3.63, 3.8) is 0 Å². The number of aryl methyl sites for hydroxylation is 1. The third kappa shape index (κ3) is 4.35. The van der Waals surface area contributed by atoms with Crippen molar-refractivity contribution in [1.82, 2.24) is 4.90 Å². The van der Waals surface area contributed by atoms with Crippen molar-refractivity contribution >= 4 is 46.4 Å². The predicted molar refractivity (Wildman–Crippen MR) is 99.5 cm³/mol. The molecule has 2 heterocycles. The van der Waals surface area contributed by atoms with Crippen LogP contribution in [0.2, 0.25) is 9.36 Å². The molecule has 1 saturated heterocycles. The van der Waals surface area contributed by atoms with Gasteiger partial charge in [0.05, 0.1) is 10.3 Å². The molecule has 1 N–H and O–H groups in total. The first-order chi connectivity index (χ1) is 11.9. The summed E-state index contributed by atoms with van der Waals surface area (Å²) in [6.07, 6.45) is 0.979. The Bertz CT molecular complexity index is 775. The van der Waals surface area contributed by atoms with Gasteiger partial charge in [-0.2, -0.15) is 0 Å². The second-order valence-corrected chi connectivity index (χ2v) is 8.34. The minimum Gasteiger partial charge on any atom is -0.481 e. The zero-order valence-corrected chi connectivity index (χ0v) is 15.7. The molecule has 1 aliphatic heterocycles. The number of rotatable bonds is 5. The maximum Gasteiger partial charge on any atom is 0.308 e. The summed E-state index contributed by atoms with van der Waals surface area (Å²) in [6.45, 7) is 0.662. The Morgan fingerprint density at radius 3 is 2.44 bits per heavy atom. The topological polar surface area (TPSA) is 57.6 Å². The van der Waals surface area contributed by atoms with Gasteiger partial charge < -0.3 is 10.0 Å². The summed E-state index contributed by atoms with van der Waals surface area (Å²) >= 11 is 13.3. The number of benzene rings is 1. The van der Waals surface area contributed by atoms with E-state index in [0.717, 1.165) is 10.4 Å². The SMILES string of the molecule is O=C(O)[C@@H]1CN(C(=O)CCc2ccc(Cl)s2)C[C@H]1c1ccc(Cl)cc1. The molecule has 3 rings (SSSR count). The summed E-state index contributed by atoms with van der Waals surface area (Å²) in [5, 5.41) is 10.1. The summed E-state index contributed by atoms with van der Waals surface area (Å²) in [5.41, 5.74) is 0.900. The summed E-state index contributed by atoms with van der Waals surface area (Å²) in [4.78, 5) is 26.9. The lowest BCUT2D eigenvalue weighted by Gasteiger charge is -2.16. The Labute approximate surface area is 160 Å². The average Bonchev–Trinajstić information content (AvgIpc) is 3.20. The first-order valence-electron chi connectivity index (χ1n) is 7.94. The molecular formula is C18H17Cl2NO3S. The number of carboxylic acids is 1. The van der Waals surface area contributed by atoms with E-state index in [0.29, 0.717) is 28.7 Å². The first-order valence-corrected chi connectivity index (χ1v) is 9.51. The zero-order chi connectivity index (χ0) is 18.0. The molecule has 0 spiro atoms. The van der Waals surface area contributed by atoms with Crippen LogP contribution >= 0.6 is 34.5 Å². The molecule has 0 radical (unpaired) electrons. The third-order valence-electron chi connectivity index (χ3n) is 4.50. The molecule has 4 nitrogen and oxygen atoms in total. The number of carboxylic acid groups (broad SMARTS) is 1. The fraction of sp³-hybridized carbons (Fsp3) is 0.333. The number of likely N-dealkylation sites (tertiary alicyclic amines) is 1. The van der Waals surface area contributed by atoms with Gasteiger partial charge in [-0.15, -0.1) is 11.3 Å². The van der Waals surface area contributed by atoms with Crippen LogP contribution < -0.4 is 0 Å². The molecule has 1 aromatic carbocycles. The number of thiophene rings is 1. The van der Waals surface area contributed by atoms with Crippen LogP contribution in [0.3, 0.4) is 0 Å². The van der Waals surface area contributed by atoms with Gasteiger partial charge in [0.2, 0.25) is 5.91 Å². The van der Waals surface area contributed by atoms with Crippen LogP contribution in [-0.4, -0.2) is 35.0 Å². The van der Waals surface area contributed by atoms with Gasteiger partial charge >= 0.3 is 5.97 Å². The highest BCUT2D eigenvalue weighted by Crippen LogP contribution is 2.34. The number of carbonyl (C=O) groups is 2. The molecule has 2 aromatic rings. The van der Waals surface area contributed by atoms with E-state index >= 15 is 0 Å². The van der Waals surface area contributed by atoms with Gasteiger partial charge in [0.1, 0.15) is 0 Å². The Balaban J connectivity index is 1.67. The molecule has 1 amide bonds. The van der Waals surface area contributed by atoms with Crippen LogP contribution in [0.4, 0.5) is 0 Å². The fourth-order valence-electron chi connectivity index (χ4n) is 3.18. The lowest BCUT2D eigenvalue weighted by atomic mass is 9.89. The van der Waals surface area contributed by atoms with E-state index in [9.17, 15) is 14.7 Å². The van der Waals surface area contributed by atoms with Crippen LogP contribution in [0.25, 0.3) is 0 Å². The molecule has 0 bridgehead atoms. The Morgan fingerprint density at radius 2 is 1.84 bits per heavy atom. The molecule has 1 aliphatic rings. The van der Waals surface area contributed by atoms with Crippen molar-refractivity contribution in [2.45, 2.75) is 18.8 Å². The first kappa shape index (κ1) is 18.2.